The number of halogens is 1. The highest BCUT2D eigenvalue weighted by molar-refractivity contribution is 9.10. The van der Waals surface area contributed by atoms with Gasteiger partial charge < -0.3 is 15.3 Å². The van der Waals surface area contributed by atoms with E-state index in [2.05, 4.69) is 58.2 Å². The predicted molar refractivity (Wildman–Crippen MR) is 92.8 cm³/mol. The van der Waals surface area contributed by atoms with Gasteiger partial charge in [-0.1, -0.05) is 19.9 Å². The number of piperidine rings is 1. The second-order valence-electron chi connectivity index (χ2n) is 6.79. The number of hydrogen-bond acceptors (Lipinski definition) is 3. The van der Waals surface area contributed by atoms with E-state index in [1.165, 1.54) is 11.3 Å². The molecule has 0 spiro atoms. The minimum atomic E-state index is -0.496. The first-order valence-corrected chi connectivity index (χ1v) is 8.63. The van der Waals surface area contributed by atoms with Crippen molar-refractivity contribution in [2.24, 2.45) is 5.92 Å². The second-order valence-corrected chi connectivity index (χ2v) is 7.65. The van der Waals surface area contributed by atoms with Crippen LogP contribution in [0.15, 0.2) is 22.7 Å². The molecule has 0 atom stereocenters. The van der Waals surface area contributed by atoms with Crippen molar-refractivity contribution in [1.29, 1.82) is 0 Å². The molecule has 1 saturated heterocycles. The Kier molecular flexibility index (Phi) is 5.69. The molecule has 2 rings (SSSR count). The Labute approximate surface area is 136 Å². The van der Waals surface area contributed by atoms with Gasteiger partial charge in [0, 0.05) is 24.1 Å². The Morgan fingerprint density at radius 3 is 2.57 bits per heavy atom. The minimum absolute atomic E-state index is 0.496. The van der Waals surface area contributed by atoms with Gasteiger partial charge >= 0.3 is 0 Å². The minimum Gasteiger partial charge on any atom is -0.390 e. The van der Waals surface area contributed by atoms with Crippen LogP contribution in [0.25, 0.3) is 0 Å². The SMILES string of the molecule is CC(C)CNCc1ccc(N2CCC(C)(O)CC2)c(Br)c1. The van der Waals surface area contributed by atoms with Crippen LogP contribution in [-0.4, -0.2) is 30.3 Å². The summed E-state index contributed by atoms with van der Waals surface area (Å²) in [4.78, 5) is 2.35. The van der Waals surface area contributed by atoms with E-state index in [1.54, 1.807) is 0 Å². The van der Waals surface area contributed by atoms with E-state index in [9.17, 15) is 5.11 Å². The second kappa shape index (κ2) is 7.12. The van der Waals surface area contributed by atoms with Gasteiger partial charge in [0.2, 0.25) is 0 Å². The molecule has 0 bridgehead atoms. The summed E-state index contributed by atoms with van der Waals surface area (Å²) < 4.78 is 1.15. The third kappa shape index (κ3) is 4.97. The summed E-state index contributed by atoms with van der Waals surface area (Å²) in [7, 11) is 0. The molecule has 4 heteroatoms. The molecule has 0 unspecified atom stereocenters. The van der Waals surface area contributed by atoms with Gasteiger partial charge in [-0.3, -0.25) is 0 Å². The van der Waals surface area contributed by atoms with Gasteiger partial charge in [0.1, 0.15) is 0 Å². The van der Waals surface area contributed by atoms with E-state index in [1.807, 2.05) is 6.92 Å². The molecule has 1 aliphatic heterocycles. The lowest BCUT2D eigenvalue weighted by Gasteiger charge is -2.37. The molecule has 0 radical (unpaired) electrons. The molecule has 0 amide bonds. The van der Waals surface area contributed by atoms with Crippen LogP contribution >= 0.6 is 15.9 Å². The van der Waals surface area contributed by atoms with Crippen molar-refractivity contribution in [2.45, 2.75) is 45.8 Å². The van der Waals surface area contributed by atoms with Crippen LogP contribution < -0.4 is 10.2 Å². The topological polar surface area (TPSA) is 35.5 Å². The summed E-state index contributed by atoms with van der Waals surface area (Å²) in [5, 5.41) is 13.5. The molecule has 2 N–H and O–H groups in total. The zero-order chi connectivity index (χ0) is 15.5. The van der Waals surface area contributed by atoms with Crippen LogP contribution in [0.3, 0.4) is 0 Å². The van der Waals surface area contributed by atoms with E-state index in [-0.39, 0.29) is 0 Å². The van der Waals surface area contributed by atoms with E-state index in [4.69, 9.17) is 0 Å². The maximum atomic E-state index is 10.0. The monoisotopic (exact) mass is 354 g/mol. The fraction of sp³-hybridized carbons (Fsp3) is 0.647. The standard InChI is InChI=1S/C17H27BrN2O/c1-13(2)11-19-12-14-4-5-16(15(18)10-14)20-8-6-17(3,21)7-9-20/h4-5,10,13,19,21H,6-9,11-12H2,1-3H3. The molecule has 1 aliphatic rings. The summed E-state index contributed by atoms with van der Waals surface area (Å²) >= 11 is 3.70. The van der Waals surface area contributed by atoms with Crippen LogP contribution in [0.4, 0.5) is 5.69 Å². The molecule has 0 aromatic heterocycles. The van der Waals surface area contributed by atoms with Crippen molar-refractivity contribution in [1.82, 2.24) is 5.32 Å². The molecule has 0 aliphatic carbocycles. The van der Waals surface area contributed by atoms with Gasteiger partial charge in [0.05, 0.1) is 11.3 Å². The lowest BCUT2D eigenvalue weighted by molar-refractivity contribution is 0.0351. The Balaban J connectivity index is 1.96. The fourth-order valence-corrected chi connectivity index (χ4v) is 3.33. The average molecular weight is 355 g/mol. The first kappa shape index (κ1) is 16.8. The van der Waals surface area contributed by atoms with Gasteiger partial charge in [-0.05, 0) is 65.9 Å². The van der Waals surface area contributed by atoms with Crippen molar-refractivity contribution in [3.8, 4) is 0 Å². The molecular formula is C17H27BrN2O. The zero-order valence-electron chi connectivity index (χ0n) is 13.3. The highest BCUT2D eigenvalue weighted by atomic mass is 79.9. The Morgan fingerprint density at radius 2 is 2.00 bits per heavy atom. The zero-order valence-corrected chi connectivity index (χ0v) is 14.9. The van der Waals surface area contributed by atoms with Gasteiger partial charge in [-0.25, -0.2) is 0 Å². The molecule has 0 saturated carbocycles. The van der Waals surface area contributed by atoms with Crippen molar-refractivity contribution in [2.75, 3.05) is 24.5 Å². The third-order valence-corrected chi connectivity index (χ3v) is 4.71. The maximum Gasteiger partial charge on any atom is 0.0653 e. The van der Waals surface area contributed by atoms with E-state index in [0.717, 1.165) is 43.5 Å². The highest BCUT2D eigenvalue weighted by Crippen LogP contribution is 2.31. The van der Waals surface area contributed by atoms with E-state index < -0.39 is 5.60 Å². The molecule has 1 aromatic rings. The largest absolute Gasteiger partial charge is 0.390 e. The van der Waals surface area contributed by atoms with Crippen molar-refractivity contribution >= 4 is 21.6 Å². The van der Waals surface area contributed by atoms with E-state index >= 15 is 0 Å². The van der Waals surface area contributed by atoms with Gasteiger partial charge in [0.25, 0.3) is 0 Å². The first-order valence-electron chi connectivity index (χ1n) is 7.84. The molecule has 3 nitrogen and oxygen atoms in total. The molecular weight excluding hydrogens is 328 g/mol. The fourth-order valence-electron chi connectivity index (χ4n) is 2.65. The van der Waals surface area contributed by atoms with Crippen LogP contribution in [0, 0.1) is 5.92 Å². The smallest absolute Gasteiger partial charge is 0.0653 e. The molecule has 118 valence electrons. The number of nitrogens with zero attached hydrogens (tertiary/aromatic N) is 1. The third-order valence-electron chi connectivity index (χ3n) is 4.08. The molecule has 1 heterocycles. The van der Waals surface area contributed by atoms with Gasteiger partial charge in [0.15, 0.2) is 0 Å². The number of aliphatic hydroxyl groups is 1. The Hall–Kier alpha value is -0.580. The lowest BCUT2D eigenvalue weighted by atomic mass is 9.93. The van der Waals surface area contributed by atoms with Crippen LogP contribution in [-0.2, 0) is 6.54 Å². The van der Waals surface area contributed by atoms with Crippen molar-refractivity contribution in [3.05, 3.63) is 28.2 Å². The van der Waals surface area contributed by atoms with E-state index in [0.29, 0.717) is 5.92 Å². The normalized spacial score (nSPS) is 18.3. The summed E-state index contributed by atoms with van der Waals surface area (Å²) in [6, 6.07) is 6.59. The number of rotatable bonds is 5. The summed E-state index contributed by atoms with van der Waals surface area (Å²) in [5.74, 6) is 0.675. The van der Waals surface area contributed by atoms with Gasteiger partial charge in [-0.15, -0.1) is 0 Å². The average Bonchev–Trinajstić information content (AvgIpc) is 2.39. The van der Waals surface area contributed by atoms with Crippen LogP contribution in [0.5, 0.6) is 0 Å². The number of anilines is 1. The number of nitrogens with one attached hydrogen (secondary N) is 1. The maximum absolute atomic E-state index is 10.0. The number of benzene rings is 1. The highest BCUT2D eigenvalue weighted by Gasteiger charge is 2.27. The summed E-state index contributed by atoms with van der Waals surface area (Å²) in [6.07, 6.45) is 1.66. The van der Waals surface area contributed by atoms with Gasteiger partial charge in [-0.2, -0.15) is 0 Å². The number of hydrogen-bond donors (Lipinski definition) is 2. The lowest BCUT2D eigenvalue weighted by Crippen LogP contribution is -2.42. The molecule has 21 heavy (non-hydrogen) atoms. The Morgan fingerprint density at radius 1 is 1.33 bits per heavy atom. The molecule has 1 aromatic carbocycles. The quantitative estimate of drug-likeness (QED) is 0.848. The molecule has 1 fully saturated rings. The van der Waals surface area contributed by atoms with Crippen LogP contribution in [0.2, 0.25) is 0 Å². The Bertz CT molecular complexity index is 464. The summed E-state index contributed by atoms with van der Waals surface area (Å²) in [6.45, 7) is 10.1. The van der Waals surface area contributed by atoms with Crippen LogP contribution in [0.1, 0.15) is 39.2 Å². The van der Waals surface area contributed by atoms with Crippen molar-refractivity contribution < 1.29 is 5.11 Å². The summed E-state index contributed by atoms with van der Waals surface area (Å²) in [5.41, 5.74) is 2.04. The predicted octanol–water partition coefficient (Wildman–Crippen LogP) is 3.55. The van der Waals surface area contributed by atoms with Crippen molar-refractivity contribution in [3.63, 3.8) is 0 Å². The first-order chi connectivity index (χ1) is 9.87.